The Morgan fingerprint density at radius 3 is 2.61 bits per heavy atom. The zero-order valence-corrected chi connectivity index (χ0v) is 13.0. The molecular weight excluding hydrogens is 262 g/mol. The number of hydrogen-bond acceptors (Lipinski definition) is 2. The zero-order valence-electron chi connectivity index (χ0n) is 11.5. The Balaban J connectivity index is 1.82. The highest BCUT2D eigenvalue weighted by Crippen LogP contribution is 2.42. The molecule has 1 aromatic heterocycles. The Hall–Kier alpha value is -0.0500. The van der Waals surface area contributed by atoms with Crippen molar-refractivity contribution in [2.45, 2.75) is 52.5 Å². The molecule has 1 fully saturated rings. The van der Waals surface area contributed by atoms with Gasteiger partial charge in [0.25, 0.3) is 0 Å². The molecule has 0 radical (unpaired) electrons. The van der Waals surface area contributed by atoms with Gasteiger partial charge in [-0.05, 0) is 42.7 Å². The van der Waals surface area contributed by atoms with Gasteiger partial charge in [0.1, 0.15) is 0 Å². The molecule has 0 saturated heterocycles. The number of rotatable bonds is 6. The molecule has 1 saturated carbocycles. The van der Waals surface area contributed by atoms with E-state index in [-0.39, 0.29) is 0 Å². The first kappa shape index (κ1) is 14.4. The summed E-state index contributed by atoms with van der Waals surface area (Å²) in [5.41, 5.74) is 0.565. The van der Waals surface area contributed by atoms with Crippen molar-refractivity contribution in [1.29, 1.82) is 0 Å². The summed E-state index contributed by atoms with van der Waals surface area (Å²) in [4.78, 5) is 1.35. The van der Waals surface area contributed by atoms with Crippen molar-refractivity contribution in [3.8, 4) is 0 Å². The molecule has 1 nitrogen and oxygen atoms in total. The normalized spacial score (nSPS) is 18.7. The fourth-order valence-electron chi connectivity index (χ4n) is 3.34. The van der Waals surface area contributed by atoms with Crippen molar-refractivity contribution in [2.24, 2.45) is 11.3 Å². The molecule has 0 bridgehead atoms. The zero-order chi connectivity index (χ0) is 13.0. The topological polar surface area (TPSA) is 12.0 Å². The molecule has 102 valence electrons. The van der Waals surface area contributed by atoms with Crippen LogP contribution >= 0.6 is 22.9 Å². The molecule has 2 rings (SSSR count). The quantitative estimate of drug-likeness (QED) is 0.767. The van der Waals surface area contributed by atoms with Crippen LogP contribution < -0.4 is 5.32 Å². The van der Waals surface area contributed by atoms with Gasteiger partial charge in [-0.3, -0.25) is 0 Å². The van der Waals surface area contributed by atoms with Gasteiger partial charge in [-0.25, -0.2) is 0 Å². The molecule has 3 heteroatoms. The van der Waals surface area contributed by atoms with Gasteiger partial charge in [-0.2, -0.15) is 0 Å². The second-order valence-electron chi connectivity index (χ2n) is 6.11. The molecule has 0 atom stereocenters. The molecule has 1 aliphatic rings. The van der Waals surface area contributed by atoms with Crippen LogP contribution in [-0.4, -0.2) is 6.54 Å². The highest BCUT2D eigenvalue weighted by atomic mass is 35.5. The molecule has 1 aromatic rings. The van der Waals surface area contributed by atoms with Crippen LogP contribution in [-0.2, 0) is 6.54 Å². The molecule has 0 aliphatic heterocycles. The van der Waals surface area contributed by atoms with Gasteiger partial charge in [0.05, 0.1) is 4.34 Å². The van der Waals surface area contributed by atoms with E-state index in [0.717, 1.165) is 16.8 Å². The fourth-order valence-corrected chi connectivity index (χ4v) is 4.40. The van der Waals surface area contributed by atoms with Crippen LogP contribution in [0.25, 0.3) is 0 Å². The molecule has 1 aliphatic carbocycles. The summed E-state index contributed by atoms with van der Waals surface area (Å²) < 4.78 is 0.893. The predicted molar refractivity (Wildman–Crippen MR) is 81.4 cm³/mol. The molecule has 0 aromatic carbocycles. The predicted octanol–water partition coefficient (Wildman–Crippen LogP) is 5.10. The lowest BCUT2D eigenvalue weighted by Gasteiger charge is -2.31. The third-order valence-corrected chi connectivity index (χ3v) is 5.16. The first-order valence-corrected chi connectivity index (χ1v) is 8.24. The van der Waals surface area contributed by atoms with E-state index >= 15 is 0 Å². The lowest BCUT2D eigenvalue weighted by Crippen LogP contribution is -2.32. The van der Waals surface area contributed by atoms with Gasteiger partial charge < -0.3 is 5.32 Å². The van der Waals surface area contributed by atoms with E-state index in [1.54, 1.807) is 11.3 Å². The highest BCUT2D eigenvalue weighted by molar-refractivity contribution is 7.16. The fraction of sp³-hybridized carbons (Fsp3) is 0.733. The summed E-state index contributed by atoms with van der Waals surface area (Å²) >= 11 is 7.64. The van der Waals surface area contributed by atoms with Crippen molar-refractivity contribution in [1.82, 2.24) is 5.32 Å². The van der Waals surface area contributed by atoms with Crippen LogP contribution in [0, 0.1) is 11.3 Å². The highest BCUT2D eigenvalue weighted by Gasteiger charge is 2.33. The van der Waals surface area contributed by atoms with Gasteiger partial charge in [0, 0.05) is 18.0 Å². The van der Waals surface area contributed by atoms with Crippen LogP contribution in [0.1, 0.15) is 50.8 Å². The minimum atomic E-state index is 0.565. The minimum Gasteiger partial charge on any atom is -0.311 e. The Bertz CT molecular complexity index is 366. The summed E-state index contributed by atoms with van der Waals surface area (Å²) in [7, 11) is 0. The molecule has 0 amide bonds. The van der Waals surface area contributed by atoms with E-state index in [1.165, 1.54) is 43.5 Å². The van der Waals surface area contributed by atoms with Crippen LogP contribution in [0.4, 0.5) is 0 Å². The van der Waals surface area contributed by atoms with E-state index in [1.807, 2.05) is 6.07 Å². The Labute approximate surface area is 120 Å². The van der Waals surface area contributed by atoms with E-state index in [2.05, 4.69) is 25.2 Å². The van der Waals surface area contributed by atoms with Gasteiger partial charge in [0.15, 0.2) is 0 Å². The number of nitrogens with one attached hydrogen (secondary N) is 1. The van der Waals surface area contributed by atoms with Crippen molar-refractivity contribution >= 4 is 22.9 Å². The van der Waals surface area contributed by atoms with Crippen LogP contribution in [0.5, 0.6) is 0 Å². The first-order valence-electron chi connectivity index (χ1n) is 7.05. The van der Waals surface area contributed by atoms with Crippen LogP contribution in [0.3, 0.4) is 0 Å². The van der Waals surface area contributed by atoms with E-state index in [0.29, 0.717) is 5.41 Å². The largest absolute Gasteiger partial charge is 0.311 e. The van der Waals surface area contributed by atoms with Crippen molar-refractivity contribution < 1.29 is 0 Å². The monoisotopic (exact) mass is 285 g/mol. The minimum absolute atomic E-state index is 0.565. The number of thiophene rings is 1. The summed E-state index contributed by atoms with van der Waals surface area (Å²) in [6.07, 6.45) is 7.01. The second-order valence-corrected chi connectivity index (χ2v) is 7.91. The van der Waals surface area contributed by atoms with Crippen LogP contribution in [0.15, 0.2) is 12.1 Å². The Kier molecular flexibility index (Phi) is 5.11. The molecule has 0 spiro atoms. The van der Waals surface area contributed by atoms with Gasteiger partial charge in [-0.15, -0.1) is 11.3 Å². The first-order chi connectivity index (χ1) is 8.60. The lowest BCUT2D eigenvalue weighted by molar-refractivity contribution is 0.224. The molecule has 0 unspecified atom stereocenters. The standard InChI is InChI=1S/C15H24ClNS/c1-12(2)9-15(7-3-4-8-15)11-17-10-13-5-6-14(16)18-13/h5-6,12,17H,3-4,7-11H2,1-2H3. The van der Waals surface area contributed by atoms with Crippen molar-refractivity contribution in [3.05, 3.63) is 21.3 Å². The van der Waals surface area contributed by atoms with E-state index < -0.39 is 0 Å². The Morgan fingerprint density at radius 2 is 2.06 bits per heavy atom. The van der Waals surface area contributed by atoms with Gasteiger partial charge in [-0.1, -0.05) is 38.3 Å². The summed E-state index contributed by atoms with van der Waals surface area (Å²) in [6.45, 7) is 6.83. The third-order valence-electron chi connectivity index (χ3n) is 3.93. The molecular formula is C15H24ClNS. The SMILES string of the molecule is CC(C)CC1(CNCc2ccc(Cl)s2)CCCC1. The van der Waals surface area contributed by atoms with E-state index in [9.17, 15) is 0 Å². The summed E-state index contributed by atoms with van der Waals surface area (Å²) in [5.74, 6) is 0.807. The second kappa shape index (κ2) is 6.40. The maximum atomic E-state index is 5.95. The third kappa shape index (κ3) is 3.97. The van der Waals surface area contributed by atoms with Crippen LogP contribution in [0.2, 0.25) is 4.34 Å². The molecule has 1 N–H and O–H groups in total. The van der Waals surface area contributed by atoms with E-state index in [4.69, 9.17) is 11.6 Å². The number of hydrogen-bond donors (Lipinski definition) is 1. The lowest BCUT2D eigenvalue weighted by atomic mass is 9.78. The summed E-state index contributed by atoms with van der Waals surface area (Å²) in [5, 5.41) is 3.65. The Morgan fingerprint density at radius 1 is 1.33 bits per heavy atom. The molecule has 18 heavy (non-hydrogen) atoms. The average molecular weight is 286 g/mol. The van der Waals surface area contributed by atoms with Gasteiger partial charge in [0.2, 0.25) is 0 Å². The number of halogens is 1. The van der Waals surface area contributed by atoms with Crippen molar-refractivity contribution in [3.63, 3.8) is 0 Å². The maximum Gasteiger partial charge on any atom is 0.0931 e. The van der Waals surface area contributed by atoms with Crippen molar-refractivity contribution in [2.75, 3.05) is 6.54 Å². The van der Waals surface area contributed by atoms with Gasteiger partial charge >= 0.3 is 0 Å². The average Bonchev–Trinajstić information content (AvgIpc) is 2.88. The molecule has 1 heterocycles. The smallest absolute Gasteiger partial charge is 0.0931 e. The maximum absolute atomic E-state index is 5.95. The summed E-state index contributed by atoms with van der Waals surface area (Å²) in [6, 6.07) is 4.12.